The number of amides is 1. The van der Waals surface area contributed by atoms with Crippen LogP contribution in [-0.4, -0.2) is 40.6 Å². The van der Waals surface area contributed by atoms with Crippen LogP contribution >= 0.6 is 0 Å². The molecule has 0 unspecified atom stereocenters. The number of aromatic nitrogens is 2. The molecule has 2 aromatic heterocycles. The fourth-order valence-corrected chi connectivity index (χ4v) is 2.92. The Bertz CT molecular complexity index is 634. The maximum absolute atomic E-state index is 11.8. The molecule has 0 bridgehead atoms. The molecule has 0 saturated carbocycles. The zero-order valence-corrected chi connectivity index (χ0v) is 13.4. The summed E-state index contributed by atoms with van der Waals surface area (Å²) in [5, 5.41) is 6.58. The molecule has 0 aliphatic carbocycles. The summed E-state index contributed by atoms with van der Waals surface area (Å²) >= 11 is 0. The Hall–Kier alpha value is -2.21. The second-order valence-corrected chi connectivity index (χ2v) is 6.08. The second kappa shape index (κ2) is 7.37. The molecule has 3 rings (SSSR count). The van der Waals surface area contributed by atoms with Gasteiger partial charge in [0.1, 0.15) is 6.26 Å². The van der Waals surface area contributed by atoms with Gasteiger partial charge in [0.15, 0.2) is 5.69 Å². The molecule has 1 aliphatic rings. The van der Waals surface area contributed by atoms with Crippen molar-refractivity contribution in [3.05, 3.63) is 47.6 Å². The zero-order valence-electron chi connectivity index (χ0n) is 13.4. The summed E-state index contributed by atoms with van der Waals surface area (Å²) in [6, 6.07) is 7.74. The van der Waals surface area contributed by atoms with E-state index in [9.17, 15) is 4.79 Å². The van der Waals surface area contributed by atoms with Gasteiger partial charge >= 0.3 is 0 Å². The van der Waals surface area contributed by atoms with Crippen LogP contribution in [0.3, 0.4) is 0 Å². The fraction of sp³-hybridized carbons (Fsp3) is 0.471. The highest BCUT2D eigenvalue weighted by Gasteiger charge is 2.20. The standard InChI is InChI=1S/C17H22N4O2/c1-13-3-2-4-15(19-13)12-21-8-5-14(6-9-21)11-18-17(22)16-7-10-23-20-16/h2-4,7,10,14H,5-6,8-9,11-12H2,1H3,(H,18,22). The SMILES string of the molecule is Cc1cccc(CN2CCC(CNC(=O)c3ccon3)CC2)n1. The molecule has 0 radical (unpaired) electrons. The molecule has 3 heterocycles. The van der Waals surface area contributed by atoms with Crippen LogP contribution in [0, 0.1) is 12.8 Å². The highest BCUT2D eigenvalue weighted by molar-refractivity contribution is 5.91. The number of hydrogen-bond acceptors (Lipinski definition) is 5. The van der Waals surface area contributed by atoms with E-state index < -0.39 is 0 Å². The summed E-state index contributed by atoms with van der Waals surface area (Å²) in [7, 11) is 0. The van der Waals surface area contributed by atoms with E-state index in [1.54, 1.807) is 6.07 Å². The molecule has 0 aromatic carbocycles. The quantitative estimate of drug-likeness (QED) is 0.914. The highest BCUT2D eigenvalue weighted by atomic mass is 16.5. The van der Waals surface area contributed by atoms with Gasteiger partial charge in [0.25, 0.3) is 5.91 Å². The number of hydrogen-bond donors (Lipinski definition) is 1. The number of nitrogens with zero attached hydrogens (tertiary/aromatic N) is 3. The summed E-state index contributed by atoms with van der Waals surface area (Å²) in [6.45, 7) is 5.70. The third-order valence-electron chi connectivity index (χ3n) is 4.26. The number of piperidine rings is 1. The Labute approximate surface area is 135 Å². The van der Waals surface area contributed by atoms with Crippen molar-refractivity contribution in [3.8, 4) is 0 Å². The summed E-state index contributed by atoms with van der Waals surface area (Å²) in [4.78, 5) is 18.8. The van der Waals surface area contributed by atoms with E-state index >= 15 is 0 Å². The number of carbonyl (C=O) groups excluding carboxylic acids is 1. The second-order valence-electron chi connectivity index (χ2n) is 6.08. The average Bonchev–Trinajstić information content (AvgIpc) is 3.08. The number of pyridine rings is 1. The molecular weight excluding hydrogens is 292 g/mol. The van der Waals surface area contributed by atoms with Gasteiger partial charge in [-0.3, -0.25) is 14.7 Å². The summed E-state index contributed by atoms with van der Waals surface area (Å²) in [5.74, 6) is 0.359. The van der Waals surface area contributed by atoms with Crippen molar-refractivity contribution in [3.63, 3.8) is 0 Å². The molecule has 1 fully saturated rings. The van der Waals surface area contributed by atoms with Crippen molar-refractivity contribution in [2.45, 2.75) is 26.3 Å². The molecule has 0 spiro atoms. The van der Waals surface area contributed by atoms with Crippen LogP contribution < -0.4 is 5.32 Å². The first kappa shape index (κ1) is 15.7. The first-order valence-electron chi connectivity index (χ1n) is 8.04. The largest absolute Gasteiger partial charge is 0.364 e. The topological polar surface area (TPSA) is 71.3 Å². The van der Waals surface area contributed by atoms with E-state index in [0.29, 0.717) is 18.2 Å². The summed E-state index contributed by atoms with van der Waals surface area (Å²) in [5.41, 5.74) is 2.53. The molecule has 2 aromatic rings. The van der Waals surface area contributed by atoms with Crippen LogP contribution in [0.15, 0.2) is 35.1 Å². The van der Waals surface area contributed by atoms with E-state index in [1.165, 1.54) is 6.26 Å². The van der Waals surface area contributed by atoms with Crippen molar-refractivity contribution in [2.24, 2.45) is 5.92 Å². The van der Waals surface area contributed by atoms with Gasteiger partial charge in [0.2, 0.25) is 0 Å². The van der Waals surface area contributed by atoms with Crippen molar-refractivity contribution >= 4 is 5.91 Å². The van der Waals surface area contributed by atoms with Gasteiger partial charge < -0.3 is 9.84 Å². The normalized spacial score (nSPS) is 16.4. The highest BCUT2D eigenvalue weighted by Crippen LogP contribution is 2.18. The van der Waals surface area contributed by atoms with Crippen LogP contribution in [0.1, 0.15) is 34.7 Å². The van der Waals surface area contributed by atoms with Crippen molar-refractivity contribution in [1.82, 2.24) is 20.4 Å². The third kappa shape index (κ3) is 4.39. The van der Waals surface area contributed by atoms with Gasteiger partial charge in [-0.05, 0) is 50.9 Å². The monoisotopic (exact) mass is 314 g/mol. The predicted molar refractivity (Wildman–Crippen MR) is 85.8 cm³/mol. The number of rotatable bonds is 5. The Morgan fingerprint density at radius 3 is 2.87 bits per heavy atom. The average molecular weight is 314 g/mol. The smallest absolute Gasteiger partial charge is 0.273 e. The Morgan fingerprint density at radius 1 is 1.35 bits per heavy atom. The molecule has 0 atom stereocenters. The van der Waals surface area contributed by atoms with E-state index in [-0.39, 0.29) is 5.91 Å². The van der Waals surface area contributed by atoms with Crippen LogP contribution in [0.25, 0.3) is 0 Å². The minimum Gasteiger partial charge on any atom is -0.364 e. The van der Waals surface area contributed by atoms with Crippen LogP contribution in [-0.2, 0) is 6.54 Å². The van der Waals surface area contributed by atoms with E-state index in [4.69, 9.17) is 0 Å². The van der Waals surface area contributed by atoms with E-state index in [1.807, 2.05) is 13.0 Å². The lowest BCUT2D eigenvalue weighted by Crippen LogP contribution is -2.38. The van der Waals surface area contributed by atoms with E-state index in [2.05, 4.69) is 37.0 Å². The Kier molecular flexibility index (Phi) is 5.02. The molecule has 1 aliphatic heterocycles. The van der Waals surface area contributed by atoms with Crippen LogP contribution in [0.5, 0.6) is 0 Å². The number of nitrogens with one attached hydrogen (secondary N) is 1. The van der Waals surface area contributed by atoms with Gasteiger partial charge in [-0.2, -0.15) is 0 Å². The molecule has 1 amide bonds. The van der Waals surface area contributed by atoms with Crippen molar-refractivity contribution in [1.29, 1.82) is 0 Å². The molecule has 23 heavy (non-hydrogen) atoms. The van der Waals surface area contributed by atoms with Gasteiger partial charge in [-0.25, -0.2) is 0 Å². The zero-order chi connectivity index (χ0) is 16.1. The lowest BCUT2D eigenvalue weighted by molar-refractivity contribution is 0.0926. The first-order chi connectivity index (χ1) is 11.2. The lowest BCUT2D eigenvalue weighted by atomic mass is 9.96. The van der Waals surface area contributed by atoms with Gasteiger partial charge in [0.05, 0.1) is 5.69 Å². The van der Waals surface area contributed by atoms with Gasteiger partial charge in [-0.15, -0.1) is 0 Å². The Balaban J connectivity index is 1.41. The van der Waals surface area contributed by atoms with Crippen molar-refractivity contribution in [2.75, 3.05) is 19.6 Å². The fourth-order valence-electron chi connectivity index (χ4n) is 2.92. The van der Waals surface area contributed by atoms with Gasteiger partial charge in [-0.1, -0.05) is 11.2 Å². The number of likely N-dealkylation sites (tertiary alicyclic amines) is 1. The Morgan fingerprint density at radius 2 is 2.17 bits per heavy atom. The maximum Gasteiger partial charge on any atom is 0.273 e. The lowest BCUT2D eigenvalue weighted by Gasteiger charge is -2.31. The number of carbonyl (C=O) groups is 1. The molecule has 1 N–H and O–H groups in total. The minimum absolute atomic E-state index is 0.162. The van der Waals surface area contributed by atoms with Crippen LogP contribution in [0.4, 0.5) is 0 Å². The van der Waals surface area contributed by atoms with Gasteiger partial charge in [0, 0.05) is 24.8 Å². The molecule has 6 heteroatoms. The summed E-state index contributed by atoms with van der Waals surface area (Å²) < 4.78 is 4.68. The maximum atomic E-state index is 11.8. The minimum atomic E-state index is -0.162. The van der Waals surface area contributed by atoms with Crippen molar-refractivity contribution < 1.29 is 9.32 Å². The summed E-state index contributed by atoms with van der Waals surface area (Å²) in [6.07, 6.45) is 3.59. The molecule has 1 saturated heterocycles. The third-order valence-corrected chi connectivity index (χ3v) is 4.26. The molecule has 6 nitrogen and oxygen atoms in total. The first-order valence-corrected chi connectivity index (χ1v) is 8.04. The predicted octanol–water partition coefficient (Wildman–Crippen LogP) is 2.02. The number of aryl methyl sites for hydroxylation is 1. The van der Waals surface area contributed by atoms with Crippen LogP contribution in [0.2, 0.25) is 0 Å². The molecule has 122 valence electrons. The molecular formula is C17H22N4O2. The van der Waals surface area contributed by atoms with E-state index in [0.717, 1.165) is 43.9 Å².